The molecule has 8 nitrogen and oxygen atoms in total. The van der Waals surface area contributed by atoms with E-state index in [4.69, 9.17) is 14.5 Å². The van der Waals surface area contributed by atoms with Crippen molar-refractivity contribution in [3.05, 3.63) is 71.6 Å². The quantitative estimate of drug-likeness (QED) is 0.408. The Morgan fingerprint density at radius 3 is 2.77 bits per heavy atom. The van der Waals surface area contributed by atoms with Crippen molar-refractivity contribution in [2.45, 2.75) is 20.0 Å². The lowest BCUT2D eigenvalue weighted by molar-refractivity contribution is 0.0196. The topological polar surface area (TPSA) is 89.4 Å². The summed E-state index contributed by atoms with van der Waals surface area (Å²) in [5.41, 5.74) is 2.48. The molecule has 1 aromatic carbocycles. The second-order valence-corrected chi connectivity index (χ2v) is 6.72. The molecule has 3 aromatic heterocycles. The van der Waals surface area contributed by atoms with Crippen LogP contribution in [-0.2, 0) is 9.47 Å². The Morgan fingerprint density at radius 1 is 1.20 bits per heavy atom. The molecular formula is C21H23FN6O2. The number of rotatable bonds is 9. The molecule has 156 valence electrons. The summed E-state index contributed by atoms with van der Waals surface area (Å²) in [5.74, 6) is 1.37. The minimum absolute atomic E-state index is 0.315. The van der Waals surface area contributed by atoms with Crippen LogP contribution < -0.4 is 5.32 Å². The van der Waals surface area contributed by atoms with Gasteiger partial charge in [0.1, 0.15) is 17.4 Å². The van der Waals surface area contributed by atoms with E-state index in [1.54, 1.807) is 16.6 Å². The standard InChI is InChI=1S/C21H23FN6O2/c1-3-29-11-12-30-19(15-6-8-16(22)9-7-15)21-24-20(17-5-4-10-28(17)27-21)23-18-13-14(2)25-26-18/h4-10,13,19H,3,11-12H2,1-2H3,(H2,23,24,25,26,27). The molecule has 2 N–H and O–H groups in total. The molecule has 0 saturated heterocycles. The van der Waals surface area contributed by atoms with Crippen molar-refractivity contribution in [2.24, 2.45) is 0 Å². The van der Waals surface area contributed by atoms with Gasteiger partial charge < -0.3 is 14.8 Å². The summed E-state index contributed by atoms with van der Waals surface area (Å²) in [6.45, 7) is 5.25. The van der Waals surface area contributed by atoms with Gasteiger partial charge in [0, 0.05) is 24.6 Å². The van der Waals surface area contributed by atoms with Gasteiger partial charge in [-0.1, -0.05) is 12.1 Å². The number of halogens is 1. The van der Waals surface area contributed by atoms with Gasteiger partial charge in [0.05, 0.1) is 13.2 Å². The van der Waals surface area contributed by atoms with Crippen LogP contribution in [0.15, 0.2) is 48.7 Å². The van der Waals surface area contributed by atoms with Crippen molar-refractivity contribution >= 4 is 17.2 Å². The molecular weight excluding hydrogens is 387 g/mol. The minimum atomic E-state index is -0.584. The number of anilines is 2. The van der Waals surface area contributed by atoms with Crippen LogP contribution in [0.5, 0.6) is 0 Å². The third-order valence-electron chi connectivity index (χ3n) is 4.48. The number of aromatic amines is 1. The summed E-state index contributed by atoms with van der Waals surface area (Å²) in [7, 11) is 0. The fourth-order valence-electron chi connectivity index (χ4n) is 3.08. The van der Waals surface area contributed by atoms with Crippen molar-refractivity contribution in [2.75, 3.05) is 25.1 Å². The van der Waals surface area contributed by atoms with E-state index in [9.17, 15) is 4.39 Å². The van der Waals surface area contributed by atoms with Crippen molar-refractivity contribution in [3.8, 4) is 0 Å². The Kier molecular flexibility index (Phi) is 6.01. The lowest BCUT2D eigenvalue weighted by Crippen LogP contribution is -2.16. The normalized spacial score (nSPS) is 12.4. The molecule has 0 fully saturated rings. The van der Waals surface area contributed by atoms with Gasteiger partial charge in [-0.3, -0.25) is 5.10 Å². The number of nitrogens with zero attached hydrogens (tertiary/aromatic N) is 4. The number of hydrogen-bond donors (Lipinski definition) is 2. The fraction of sp³-hybridized carbons (Fsp3) is 0.286. The molecule has 4 aromatic rings. The summed E-state index contributed by atoms with van der Waals surface area (Å²) in [4.78, 5) is 4.72. The Labute approximate surface area is 173 Å². The zero-order chi connectivity index (χ0) is 20.9. The van der Waals surface area contributed by atoms with Crippen molar-refractivity contribution in [3.63, 3.8) is 0 Å². The summed E-state index contributed by atoms with van der Waals surface area (Å²) in [6, 6.07) is 11.8. The Hall–Kier alpha value is -3.30. The maximum Gasteiger partial charge on any atom is 0.184 e. The monoisotopic (exact) mass is 410 g/mol. The van der Waals surface area contributed by atoms with Crippen LogP contribution >= 0.6 is 0 Å². The van der Waals surface area contributed by atoms with Gasteiger partial charge in [0.2, 0.25) is 0 Å². The first-order valence-corrected chi connectivity index (χ1v) is 9.73. The highest BCUT2D eigenvalue weighted by molar-refractivity contribution is 5.72. The molecule has 0 aliphatic carbocycles. The predicted octanol–water partition coefficient (Wildman–Crippen LogP) is 3.79. The summed E-state index contributed by atoms with van der Waals surface area (Å²) in [5, 5.41) is 15.0. The second kappa shape index (κ2) is 9.02. The van der Waals surface area contributed by atoms with Gasteiger partial charge >= 0.3 is 0 Å². The maximum absolute atomic E-state index is 13.5. The summed E-state index contributed by atoms with van der Waals surface area (Å²) >= 11 is 0. The molecule has 30 heavy (non-hydrogen) atoms. The number of aryl methyl sites for hydroxylation is 1. The lowest BCUT2D eigenvalue weighted by atomic mass is 10.1. The number of nitrogens with one attached hydrogen (secondary N) is 2. The predicted molar refractivity (Wildman–Crippen MR) is 110 cm³/mol. The van der Waals surface area contributed by atoms with Gasteiger partial charge in [-0.15, -0.1) is 5.10 Å². The van der Waals surface area contributed by atoms with E-state index in [2.05, 4.69) is 20.6 Å². The number of hydrogen-bond acceptors (Lipinski definition) is 6. The van der Waals surface area contributed by atoms with Crippen LogP contribution in [0.2, 0.25) is 0 Å². The van der Waals surface area contributed by atoms with Crippen LogP contribution in [0.3, 0.4) is 0 Å². The average molecular weight is 410 g/mol. The third kappa shape index (κ3) is 4.47. The van der Waals surface area contributed by atoms with Crippen LogP contribution in [0.4, 0.5) is 16.0 Å². The van der Waals surface area contributed by atoms with Crippen LogP contribution in [0.25, 0.3) is 5.52 Å². The molecule has 0 radical (unpaired) electrons. The van der Waals surface area contributed by atoms with E-state index in [-0.39, 0.29) is 5.82 Å². The molecule has 0 saturated carbocycles. The van der Waals surface area contributed by atoms with Crippen LogP contribution in [0, 0.1) is 12.7 Å². The van der Waals surface area contributed by atoms with Crippen molar-refractivity contribution in [1.82, 2.24) is 24.8 Å². The summed E-state index contributed by atoms with van der Waals surface area (Å²) < 4.78 is 26.6. The minimum Gasteiger partial charge on any atom is -0.379 e. The molecule has 0 aliphatic rings. The molecule has 0 amide bonds. The van der Waals surface area contributed by atoms with Gasteiger partial charge in [-0.05, 0) is 43.7 Å². The number of H-pyrrole nitrogens is 1. The van der Waals surface area contributed by atoms with E-state index in [1.165, 1.54) is 12.1 Å². The molecule has 1 unspecified atom stereocenters. The average Bonchev–Trinajstić information content (AvgIpc) is 3.38. The van der Waals surface area contributed by atoms with E-state index < -0.39 is 6.10 Å². The number of aromatic nitrogens is 5. The highest BCUT2D eigenvalue weighted by Gasteiger charge is 2.21. The Morgan fingerprint density at radius 2 is 2.03 bits per heavy atom. The van der Waals surface area contributed by atoms with Crippen molar-refractivity contribution < 1.29 is 13.9 Å². The van der Waals surface area contributed by atoms with Gasteiger partial charge in [0.15, 0.2) is 17.5 Å². The van der Waals surface area contributed by atoms with Crippen LogP contribution in [0.1, 0.15) is 30.1 Å². The Balaban J connectivity index is 1.71. The zero-order valence-corrected chi connectivity index (χ0v) is 16.8. The lowest BCUT2D eigenvalue weighted by Gasteiger charge is -2.18. The molecule has 4 rings (SSSR count). The summed E-state index contributed by atoms with van der Waals surface area (Å²) in [6.07, 6.45) is 1.25. The highest BCUT2D eigenvalue weighted by atomic mass is 19.1. The first-order valence-electron chi connectivity index (χ1n) is 9.73. The van der Waals surface area contributed by atoms with Gasteiger partial charge in [-0.2, -0.15) is 5.10 Å². The van der Waals surface area contributed by atoms with E-state index >= 15 is 0 Å². The van der Waals surface area contributed by atoms with E-state index in [0.717, 1.165) is 16.8 Å². The SMILES string of the molecule is CCOCCOC(c1ccc(F)cc1)c1nc(Nc2cc(C)[nH]n2)c2cccn2n1. The van der Waals surface area contributed by atoms with Gasteiger partial charge in [-0.25, -0.2) is 13.9 Å². The Bertz CT molecular complexity index is 1110. The molecule has 1 atom stereocenters. The molecule has 0 bridgehead atoms. The largest absolute Gasteiger partial charge is 0.379 e. The maximum atomic E-state index is 13.5. The molecule has 9 heteroatoms. The first kappa shape index (κ1) is 20.0. The number of ether oxygens (including phenoxy) is 2. The zero-order valence-electron chi connectivity index (χ0n) is 16.8. The van der Waals surface area contributed by atoms with Crippen molar-refractivity contribution in [1.29, 1.82) is 0 Å². The fourth-order valence-corrected chi connectivity index (χ4v) is 3.08. The molecule has 0 aliphatic heterocycles. The first-order chi connectivity index (χ1) is 14.6. The van der Waals surface area contributed by atoms with Crippen LogP contribution in [-0.4, -0.2) is 44.6 Å². The highest BCUT2D eigenvalue weighted by Crippen LogP contribution is 2.27. The van der Waals surface area contributed by atoms with E-state index in [1.807, 2.05) is 38.2 Å². The smallest absolute Gasteiger partial charge is 0.184 e. The van der Waals surface area contributed by atoms with Gasteiger partial charge in [0.25, 0.3) is 0 Å². The number of fused-ring (bicyclic) bond motifs is 1. The second-order valence-electron chi connectivity index (χ2n) is 6.72. The third-order valence-corrected chi connectivity index (χ3v) is 4.48. The molecule has 0 spiro atoms. The molecule has 3 heterocycles. The number of benzene rings is 1. The van der Waals surface area contributed by atoms with E-state index in [0.29, 0.717) is 37.3 Å².